The molecule has 5 nitrogen and oxygen atoms in total. The van der Waals surface area contributed by atoms with Crippen LogP contribution in [-0.2, 0) is 4.74 Å². The van der Waals surface area contributed by atoms with E-state index in [0.717, 1.165) is 77.8 Å². The minimum atomic E-state index is 0.782. The molecule has 122 valence electrons. The van der Waals surface area contributed by atoms with Gasteiger partial charge in [-0.25, -0.2) is 0 Å². The molecule has 5 heteroatoms. The Hall–Kier alpha value is -1.30. The third-order valence-corrected chi connectivity index (χ3v) is 4.31. The molecule has 2 heterocycles. The molecule has 0 saturated carbocycles. The van der Waals surface area contributed by atoms with Crippen molar-refractivity contribution in [3.63, 3.8) is 0 Å². The van der Waals surface area contributed by atoms with Crippen molar-refractivity contribution >= 4 is 5.69 Å². The zero-order valence-corrected chi connectivity index (χ0v) is 13.3. The second kappa shape index (κ2) is 8.36. The van der Waals surface area contributed by atoms with Gasteiger partial charge in [-0.05, 0) is 30.7 Å². The van der Waals surface area contributed by atoms with E-state index in [1.807, 2.05) is 0 Å². The Bertz CT molecular complexity index is 426. The van der Waals surface area contributed by atoms with Gasteiger partial charge in [0.05, 0.1) is 19.8 Å². The van der Waals surface area contributed by atoms with Crippen LogP contribution in [0, 0.1) is 0 Å². The van der Waals surface area contributed by atoms with Crippen molar-refractivity contribution in [1.82, 2.24) is 10.2 Å². The topological polar surface area (TPSA) is 37.0 Å². The lowest BCUT2D eigenvalue weighted by Gasteiger charge is -2.29. The van der Waals surface area contributed by atoms with E-state index in [1.54, 1.807) is 0 Å². The Labute approximate surface area is 133 Å². The molecular formula is C17H27N3O2. The van der Waals surface area contributed by atoms with E-state index < -0.39 is 0 Å². The molecule has 0 radical (unpaired) electrons. The van der Waals surface area contributed by atoms with Crippen molar-refractivity contribution in [2.75, 3.05) is 70.5 Å². The van der Waals surface area contributed by atoms with Gasteiger partial charge < -0.3 is 19.7 Å². The molecular weight excluding hydrogens is 278 g/mol. The Morgan fingerprint density at radius 3 is 2.45 bits per heavy atom. The monoisotopic (exact) mass is 305 g/mol. The molecule has 2 aliphatic rings. The second-order valence-electron chi connectivity index (χ2n) is 5.89. The van der Waals surface area contributed by atoms with E-state index in [-0.39, 0.29) is 0 Å². The number of rotatable bonds is 6. The number of ether oxygens (including phenoxy) is 2. The zero-order valence-electron chi connectivity index (χ0n) is 13.3. The van der Waals surface area contributed by atoms with Gasteiger partial charge in [-0.15, -0.1) is 0 Å². The Morgan fingerprint density at radius 2 is 1.73 bits per heavy atom. The van der Waals surface area contributed by atoms with Crippen LogP contribution in [0.5, 0.6) is 5.75 Å². The van der Waals surface area contributed by atoms with Crippen LogP contribution in [-0.4, -0.2) is 70.5 Å². The smallest absolute Gasteiger partial charge is 0.119 e. The van der Waals surface area contributed by atoms with Crippen molar-refractivity contribution in [2.45, 2.75) is 6.42 Å². The van der Waals surface area contributed by atoms with Crippen LogP contribution in [0.3, 0.4) is 0 Å². The van der Waals surface area contributed by atoms with E-state index in [2.05, 4.69) is 39.4 Å². The summed E-state index contributed by atoms with van der Waals surface area (Å²) in [6.07, 6.45) is 1.07. The third kappa shape index (κ3) is 4.60. The molecule has 22 heavy (non-hydrogen) atoms. The number of benzene rings is 1. The predicted molar refractivity (Wildman–Crippen MR) is 88.9 cm³/mol. The molecule has 0 aliphatic carbocycles. The molecule has 0 atom stereocenters. The van der Waals surface area contributed by atoms with E-state index in [0.29, 0.717) is 0 Å². The maximum absolute atomic E-state index is 5.85. The second-order valence-corrected chi connectivity index (χ2v) is 5.89. The molecule has 3 rings (SSSR count). The number of morpholine rings is 1. The largest absolute Gasteiger partial charge is 0.494 e. The molecule has 0 spiro atoms. The highest BCUT2D eigenvalue weighted by atomic mass is 16.5. The van der Waals surface area contributed by atoms with Gasteiger partial charge in [-0.2, -0.15) is 0 Å². The highest BCUT2D eigenvalue weighted by molar-refractivity contribution is 5.49. The Morgan fingerprint density at radius 1 is 1.00 bits per heavy atom. The number of nitrogens with one attached hydrogen (secondary N) is 1. The van der Waals surface area contributed by atoms with Crippen LogP contribution >= 0.6 is 0 Å². The average molecular weight is 305 g/mol. The van der Waals surface area contributed by atoms with Crippen LogP contribution in [0.2, 0.25) is 0 Å². The molecule has 0 bridgehead atoms. The van der Waals surface area contributed by atoms with Gasteiger partial charge in [0.15, 0.2) is 0 Å². The molecule has 1 aromatic rings. The minimum absolute atomic E-state index is 0.782. The predicted octanol–water partition coefficient (Wildman–Crippen LogP) is 1.20. The summed E-state index contributed by atoms with van der Waals surface area (Å²) in [5.74, 6) is 0.973. The summed E-state index contributed by atoms with van der Waals surface area (Å²) in [6.45, 7) is 10.0. The summed E-state index contributed by atoms with van der Waals surface area (Å²) in [5, 5.41) is 3.38. The van der Waals surface area contributed by atoms with Crippen LogP contribution in [0.15, 0.2) is 24.3 Å². The zero-order chi connectivity index (χ0) is 15.0. The summed E-state index contributed by atoms with van der Waals surface area (Å²) in [5.41, 5.74) is 1.29. The molecule has 2 fully saturated rings. The maximum atomic E-state index is 5.85. The minimum Gasteiger partial charge on any atom is -0.494 e. The van der Waals surface area contributed by atoms with Gasteiger partial charge in [-0.3, -0.25) is 4.90 Å². The first-order chi connectivity index (χ1) is 10.9. The lowest BCUT2D eigenvalue weighted by molar-refractivity contribution is 0.0358. The fourth-order valence-electron chi connectivity index (χ4n) is 2.98. The lowest BCUT2D eigenvalue weighted by Crippen LogP contribution is -2.43. The van der Waals surface area contributed by atoms with E-state index in [1.165, 1.54) is 5.69 Å². The fourth-order valence-corrected chi connectivity index (χ4v) is 2.98. The first-order valence-corrected chi connectivity index (χ1v) is 8.40. The molecule has 2 aliphatic heterocycles. The van der Waals surface area contributed by atoms with Crippen LogP contribution in [0.1, 0.15) is 6.42 Å². The summed E-state index contributed by atoms with van der Waals surface area (Å²) in [6, 6.07) is 8.52. The number of anilines is 1. The van der Waals surface area contributed by atoms with Crippen molar-refractivity contribution in [3.8, 4) is 5.75 Å². The van der Waals surface area contributed by atoms with Gasteiger partial charge >= 0.3 is 0 Å². The standard InChI is InChI=1S/C17H27N3O2/c1(8-19-11-14-21-15-12-19)13-22-17-4-2-16(3-5-17)20-9-6-18-7-10-20/h2-5,18H,1,6-15H2. The lowest BCUT2D eigenvalue weighted by atomic mass is 10.2. The number of hydrogen-bond acceptors (Lipinski definition) is 5. The van der Waals surface area contributed by atoms with Gasteiger partial charge in [0.2, 0.25) is 0 Å². The number of hydrogen-bond donors (Lipinski definition) is 1. The highest BCUT2D eigenvalue weighted by Crippen LogP contribution is 2.19. The Balaban J connectivity index is 1.37. The third-order valence-electron chi connectivity index (χ3n) is 4.31. The SMILES string of the molecule is c1cc(N2CCNCC2)ccc1OCCCN1CCOCC1. The molecule has 0 amide bonds. The van der Waals surface area contributed by atoms with Gasteiger partial charge in [-0.1, -0.05) is 0 Å². The molecule has 1 N–H and O–H groups in total. The van der Waals surface area contributed by atoms with Gasteiger partial charge in [0.25, 0.3) is 0 Å². The van der Waals surface area contributed by atoms with Crippen molar-refractivity contribution in [3.05, 3.63) is 24.3 Å². The molecule has 2 saturated heterocycles. The summed E-state index contributed by atoms with van der Waals surface area (Å²) in [7, 11) is 0. The van der Waals surface area contributed by atoms with Crippen LogP contribution in [0.4, 0.5) is 5.69 Å². The van der Waals surface area contributed by atoms with Gasteiger partial charge in [0.1, 0.15) is 5.75 Å². The number of nitrogens with zero attached hydrogens (tertiary/aromatic N) is 2. The summed E-state index contributed by atoms with van der Waals surface area (Å²) < 4.78 is 11.2. The summed E-state index contributed by atoms with van der Waals surface area (Å²) in [4.78, 5) is 4.86. The van der Waals surface area contributed by atoms with E-state index in [4.69, 9.17) is 9.47 Å². The van der Waals surface area contributed by atoms with E-state index >= 15 is 0 Å². The maximum Gasteiger partial charge on any atom is 0.119 e. The van der Waals surface area contributed by atoms with Crippen molar-refractivity contribution in [1.29, 1.82) is 0 Å². The molecule has 0 aromatic heterocycles. The fraction of sp³-hybridized carbons (Fsp3) is 0.647. The first kappa shape index (κ1) is 15.6. The number of piperazine rings is 1. The summed E-state index contributed by atoms with van der Waals surface area (Å²) >= 11 is 0. The molecule has 0 unspecified atom stereocenters. The van der Waals surface area contributed by atoms with Crippen LogP contribution in [0.25, 0.3) is 0 Å². The van der Waals surface area contributed by atoms with Crippen molar-refractivity contribution < 1.29 is 9.47 Å². The highest BCUT2D eigenvalue weighted by Gasteiger charge is 2.11. The normalized spacial score (nSPS) is 20.1. The first-order valence-electron chi connectivity index (χ1n) is 8.40. The van der Waals surface area contributed by atoms with E-state index in [9.17, 15) is 0 Å². The molecule has 1 aromatic carbocycles. The Kier molecular flexibility index (Phi) is 5.93. The van der Waals surface area contributed by atoms with Crippen molar-refractivity contribution in [2.24, 2.45) is 0 Å². The quantitative estimate of drug-likeness (QED) is 0.799. The van der Waals surface area contributed by atoms with Crippen LogP contribution < -0.4 is 15.0 Å². The average Bonchev–Trinajstić information content (AvgIpc) is 2.61. The van der Waals surface area contributed by atoms with Gasteiger partial charge in [0, 0.05) is 51.5 Å².